The summed E-state index contributed by atoms with van der Waals surface area (Å²) in [5, 5.41) is 5.35. The van der Waals surface area contributed by atoms with Crippen LogP contribution in [0.1, 0.15) is 17.7 Å². The number of hydrogen-bond donors (Lipinski definition) is 2. The van der Waals surface area contributed by atoms with Gasteiger partial charge in [-0.15, -0.1) is 0 Å². The Bertz CT molecular complexity index is 609. The van der Waals surface area contributed by atoms with Crippen molar-refractivity contribution in [3.05, 3.63) is 59.9 Å². The van der Waals surface area contributed by atoms with Gasteiger partial charge in [-0.3, -0.25) is 14.6 Å². The topological polar surface area (TPSA) is 71.1 Å². The minimum atomic E-state index is -0.336. The minimum Gasteiger partial charge on any atom is -0.350 e. The molecule has 108 valence electrons. The molecule has 2 aromatic rings. The van der Waals surface area contributed by atoms with E-state index in [2.05, 4.69) is 15.6 Å². The fourth-order valence-electron chi connectivity index (χ4n) is 1.74. The van der Waals surface area contributed by atoms with Crippen molar-refractivity contribution >= 4 is 17.5 Å². The summed E-state index contributed by atoms with van der Waals surface area (Å²) < 4.78 is 0. The molecule has 2 rings (SSSR count). The number of rotatable bonds is 5. The summed E-state index contributed by atoms with van der Waals surface area (Å²) in [5.41, 5.74) is 2.55. The summed E-state index contributed by atoms with van der Waals surface area (Å²) >= 11 is 0. The van der Waals surface area contributed by atoms with Crippen LogP contribution < -0.4 is 10.6 Å². The van der Waals surface area contributed by atoms with E-state index in [-0.39, 0.29) is 18.2 Å². The summed E-state index contributed by atoms with van der Waals surface area (Å²) in [4.78, 5) is 27.5. The highest BCUT2D eigenvalue weighted by molar-refractivity contribution is 6.03. The highest BCUT2D eigenvalue weighted by Crippen LogP contribution is 2.08. The van der Waals surface area contributed by atoms with Crippen molar-refractivity contribution in [3.63, 3.8) is 0 Å². The number of nitrogens with zero attached hydrogens (tertiary/aromatic N) is 1. The number of carbonyl (C=O) groups is 2. The standard InChI is InChI=1S/C16H17N3O2/c1-12-5-7-13(8-6-12)19-16(21)10-15(20)18-11-14-4-2-3-9-17-14/h2-9H,10-11H2,1H3,(H,18,20)(H,19,21). The number of aryl methyl sites for hydroxylation is 1. The smallest absolute Gasteiger partial charge is 0.233 e. The van der Waals surface area contributed by atoms with Crippen molar-refractivity contribution < 1.29 is 9.59 Å². The third-order valence-corrected chi connectivity index (χ3v) is 2.85. The van der Waals surface area contributed by atoms with Crippen LogP contribution in [0.2, 0.25) is 0 Å². The number of carbonyl (C=O) groups excluding carboxylic acids is 2. The molecule has 1 heterocycles. The van der Waals surface area contributed by atoms with Crippen LogP contribution in [0.3, 0.4) is 0 Å². The zero-order valence-corrected chi connectivity index (χ0v) is 11.8. The van der Waals surface area contributed by atoms with E-state index in [4.69, 9.17) is 0 Å². The first-order chi connectivity index (χ1) is 10.1. The molecule has 0 aliphatic heterocycles. The van der Waals surface area contributed by atoms with Crippen LogP contribution >= 0.6 is 0 Å². The molecule has 0 saturated heterocycles. The quantitative estimate of drug-likeness (QED) is 0.825. The number of anilines is 1. The zero-order valence-electron chi connectivity index (χ0n) is 11.8. The number of nitrogens with one attached hydrogen (secondary N) is 2. The first-order valence-electron chi connectivity index (χ1n) is 6.66. The van der Waals surface area contributed by atoms with Crippen molar-refractivity contribution in [2.45, 2.75) is 19.9 Å². The molecule has 0 aliphatic rings. The van der Waals surface area contributed by atoms with Gasteiger partial charge in [0.25, 0.3) is 0 Å². The van der Waals surface area contributed by atoms with E-state index < -0.39 is 0 Å². The first-order valence-corrected chi connectivity index (χ1v) is 6.66. The minimum absolute atomic E-state index is 0.208. The van der Waals surface area contributed by atoms with E-state index in [9.17, 15) is 9.59 Å². The molecule has 0 bridgehead atoms. The molecule has 1 aromatic heterocycles. The van der Waals surface area contributed by atoms with Crippen LogP contribution in [0.15, 0.2) is 48.7 Å². The normalized spacial score (nSPS) is 9.95. The van der Waals surface area contributed by atoms with Crippen LogP contribution in [0, 0.1) is 6.92 Å². The molecule has 0 radical (unpaired) electrons. The Morgan fingerprint density at radius 3 is 2.48 bits per heavy atom. The molecule has 5 nitrogen and oxygen atoms in total. The van der Waals surface area contributed by atoms with Gasteiger partial charge in [-0.1, -0.05) is 23.8 Å². The van der Waals surface area contributed by atoms with Gasteiger partial charge in [0.1, 0.15) is 6.42 Å². The van der Waals surface area contributed by atoms with E-state index in [1.54, 1.807) is 24.4 Å². The summed E-state index contributed by atoms with van der Waals surface area (Å²) in [6.07, 6.45) is 1.45. The molecule has 1 aromatic carbocycles. The fraction of sp³-hybridized carbons (Fsp3) is 0.188. The Balaban J connectivity index is 1.77. The van der Waals surface area contributed by atoms with Crippen LogP contribution in [0.25, 0.3) is 0 Å². The Morgan fingerprint density at radius 1 is 1.05 bits per heavy atom. The van der Waals surface area contributed by atoms with Gasteiger partial charge in [0, 0.05) is 11.9 Å². The second kappa shape index (κ2) is 7.19. The van der Waals surface area contributed by atoms with Gasteiger partial charge < -0.3 is 10.6 Å². The molecule has 0 atom stereocenters. The molecular weight excluding hydrogens is 266 g/mol. The van der Waals surface area contributed by atoms with Gasteiger partial charge >= 0.3 is 0 Å². The molecule has 2 N–H and O–H groups in total. The van der Waals surface area contributed by atoms with Gasteiger partial charge in [0.2, 0.25) is 11.8 Å². The number of hydrogen-bond acceptors (Lipinski definition) is 3. The lowest BCUT2D eigenvalue weighted by atomic mass is 10.2. The van der Waals surface area contributed by atoms with E-state index in [1.807, 2.05) is 31.2 Å². The van der Waals surface area contributed by atoms with Gasteiger partial charge in [-0.25, -0.2) is 0 Å². The van der Waals surface area contributed by atoms with E-state index in [0.717, 1.165) is 11.3 Å². The Hall–Kier alpha value is -2.69. The van der Waals surface area contributed by atoms with E-state index in [1.165, 1.54) is 0 Å². The summed E-state index contributed by atoms with van der Waals surface area (Å²) in [7, 11) is 0. The fourth-order valence-corrected chi connectivity index (χ4v) is 1.74. The first kappa shape index (κ1) is 14.7. The van der Waals surface area contributed by atoms with Crippen molar-refractivity contribution in [2.75, 3.05) is 5.32 Å². The molecule has 5 heteroatoms. The molecule has 0 spiro atoms. The Kier molecular flexibility index (Phi) is 5.04. The number of benzene rings is 1. The van der Waals surface area contributed by atoms with Gasteiger partial charge in [-0.2, -0.15) is 0 Å². The average Bonchev–Trinajstić information content (AvgIpc) is 2.48. The maximum Gasteiger partial charge on any atom is 0.233 e. The van der Waals surface area contributed by atoms with Crippen molar-refractivity contribution in [2.24, 2.45) is 0 Å². The average molecular weight is 283 g/mol. The Morgan fingerprint density at radius 2 is 1.81 bits per heavy atom. The molecule has 0 fully saturated rings. The summed E-state index contributed by atoms with van der Waals surface area (Å²) in [5.74, 6) is -0.664. The third kappa shape index (κ3) is 5.06. The predicted molar refractivity (Wildman–Crippen MR) is 80.5 cm³/mol. The highest BCUT2D eigenvalue weighted by Gasteiger charge is 2.09. The molecule has 0 unspecified atom stereocenters. The number of aromatic nitrogens is 1. The van der Waals surface area contributed by atoms with Crippen LogP contribution in [0.5, 0.6) is 0 Å². The molecule has 0 saturated carbocycles. The zero-order chi connectivity index (χ0) is 15.1. The van der Waals surface area contributed by atoms with Crippen molar-refractivity contribution in [3.8, 4) is 0 Å². The van der Waals surface area contributed by atoms with Crippen molar-refractivity contribution in [1.82, 2.24) is 10.3 Å². The highest BCUT2D eigenvalue weighted by atomic mass is 16.2. The lowest BCUT2D eigenvalue weighted by Crippen LogP contribution is -2.28. The van der Waals surface area contributed by atoms with E-state index in [0.29, 0.717) is 12.2 Å². The van der Waals surface area contributed by atoms with Crippen LogP contribution in [-0.2, 0) is 16.1 Å². The monoisotopic (exact) mass is 283 g/mol. The second-order valence-electron chi connectivity index (χ2n) is 4.69. The molecular formula is C16H17N3O2. The Labute approximate surface area is 123 Å². The van der Waals surface area contributed by atoms with Crippen LogP contribution in [0.4, 0.5) is 5.69 Å². The lowest BCUT2D eigenvalue weighted by molar-refractivity contribution is -0.126. The third-order valence-electron chi connectivity index (χ3n) is 2.85. The lowest BCUT2D eigenvalue weighted by Gasteiger charge is -2.06. The SMILES string of the molecule is Cc1ccc(NC(=O)CC(=O)NCc2ccccn2)cc1. The largest absolute Gasteiger partial charge is 0.350 e. The van der Waals surface area contributed by atoms with E-state index >= 15 is 0 Å². The number of pyridine rings is 1. The van der Waals surface area contributed by atoms with Gasteiger partial charge in [0.15, 0.2) is 0 Å². The molecule has 21 heavy (non-hydrogen) atoms. The molecule has 0 aliphatic carbocycles. The predicted octanol–water partition coefficient (Wildman–Crippen LogP) is 2.04. The van der Waals surface area contributed by atoms with Gasteiger partial charge in [-0.05, 0) is 31.2 Å². The second-order valence-corrected chi connectivity index (χ2v) is 4.69. The summed E-state index contributed by atoms with van der Waals surface area (Å²) in [6.45, 7) is 2.29. The summed E-state index contributed by atoms with van der Waals surface area (Å²) in [6, 6.07) is 12.9. The maximum absolute atomic E-state index is 11.7. The number of amides is 2. The van der Waals surface area contributed by atoms with Gasteiger partial charge in [0.05, 0.1) is 12.2 Å². The van der Waals surface area contributed by atoms with Crippen LogP contribution in [-0.4, -0.2) is 16.8 Å². The van der Waals surface area contributed by atoms with Crippen molar-refractivity contribution in [1.29, 1.82) is 0 Å². The molecule has 2 amide bonds. The maximum atomic E-state index is 11.7.